The predicted molar refractivity (Wildman–Crippen MR) is 44.8 cm³/mol. The molecular formula is C7H15O2P. The second kappa shape index (κ2) is 7.17. The van der Waals surface area contributed by atoms with E-state index in [0.717, 1.165) is 25.3 Å². The largest absolute Gasteiger partial charge is 0.389 e. The molecule has 0 bridgehead atoms. The lowest BCUT2D eigenvalue weighted by Crippen LogP contribution is -1.91. The van der Waals surface area contributed by atoms with Gasteiger partial charge >= 0.3 is 0 Å². The highest BCUT2D eigenvalue weighted by atomic mass is 31.1. The van der Waals surface area contributed by atoms with Gasteiger partial charge in [-0.2, -0.15) is 0 Å². The van der Waals surface area contributed by atoms with Crippen LogP contribution in [0.3, 0.4) is 0 Å². The second-order valence-corrected chi connectivity index (χ2v) is 4.04. The summed E-state index contributed by atoms with van der Waals surface area (Å²) >= 11 is 0. The van der Waals surface area contributed by atoms with E-state index < -0.39 is 0 Å². The molecule has 0 radical (unpaired) electrons. The number of carbonyl (C=O) groups is 1. The Bertz CT molecular complexity index is 83.7. The summed E-state index contributed by atoms with van der Waals surface area (Å²) in [6.07, 6.45) is 4.73. The van der Waals surface area contributed by atoms with E-state index in [-0.39, 0.29) is 5.85 Å². The van der Waals surface area contributed by atoms with Crippen molar-refractivity contribution in [1.29, 1.82) is 0 Å². The van der Waals surface area contributed by atoms with Crippen LogP contribution < -0.4 is 0 Å². The minimum Gasteiger partial charge on any atom is -0.389 e. The number of aliphatic hydroxyl groups excluding tert-OH is 1. The molecule has 10 heavy (non-hydrogen) atoms. The summed E-state index contributed by atoms with van der Waals surface area (Å²) in [5, 5.41) is 8.85. The lowest BCUT2D eigenvalue weighted by Gasteiger charge is -2.01. The molecule has 0 aliphatic rings. The van der Waals surface area contributed by atoms with Crippen LogP contribution >= 0.6 is 8.58 Å². The van der Waals surface area contributed by atoms with Gasteiger partial charge in [-0.25, -0.2) is 0 Å². The fourth-order valence-corrected chi connectivity index (χ4v) is 1.54. The van der Waals surface area contributed by atoms with Crippen LogP contribution in [0.25, 0.3) is 0 Å². The van der Waals surface area contributed by atoms with Gasteiger partial charge in [-0.3, -0.25) is 0 Å². The summed E-state index contributed by atoms with van der Waals surface area (Å²) < 4.78 is 0. The summed E-state index contributed by atoms with van der Waals surface area (Å²) in [5.41, 5.74) is 0. The molecule has 0 fully saturated rings. The first kappa shape index (κ1) is 10.1. The molecule has 0 rings (SSSR count). The van der Waals surface area contributed by atoms with Gasteiger partial charge in [-0.05, 0) is 25.9 Å². The third-order valence-corrected chi connectivity index (χ3v) is 2.42. The van der Waals surface area contributed by atoms with Crippen LogP contribution in [0.4, 0.5) is 0 Å². The van der Waals surface area contributed by atoms with Crippen LogP contribution in [0.1, 0.15) is 26.2 Å². The number of aldehydes is 1. The summed E-state index contributed by atoms with van der Waals surface area (Å²) in [4.78, 5) is 9.85. The Morgan fingerprint density at radius 2 is 2.30 bits per heavy atom. The van der Waals surface area contributed by atoms with Gasteiger partial charge in [-0.15, -0.1) is 0 Å². The Balaban J connectivity index is 2.83. The average molecular weight is 162 g/mol. The Morgan fingerprint density at radius 1 is 1.60 bits per heavy atom. The number of hydrogen-bond donors (Lipinski definition) is 1. The molecule has 0 saturated carbocycles. The molecule has 2 nitrogen and oxygen atoms in total. The summed E-state index contributed by atoms with van der Waals surface area (Å²) in [7, 11) is 0.640. The van der Waals surface area contributed by atoms with Gasteiger partial charge in [0.1, 0.15) is 6.29 Å². The topological polar surface area (TPSA) is 37.3 Å². The molecule has 0 spiro atoms. The van der Waals surface area contributed by atoms with E-state index in [9.17, 15) is 4.79 Å². The smallest absolute Gasteiger partial charge is 0.119 e. The van der Waals surface area contributed by atoms with Crippen molar-refractivity contribution in [3.63, 3.8) is 0 Å². The van der Waals surface area contributed by atoms with Crippen molar-refractivity contribution in [1.82, 2.24) is 0 Å². The number of aliphatic hydroxyl groups is 1. The fraction of sp³-hybridized carbons (Fsp3) is 0.857. The molecule has 0 aromatic rings. The van der Waals surface area contributed by atoms with Crippen molar-refractivity contribution >= 4 is 14.9 Å². The first-order valence-corrected chi connectivity index (χ1v) is 4.91. The molecule has 1 N–H and O–H groups in total. The molecule has 0 saturated heterocycles. The van der Waals surface area contributed by atoms with E-state index in [0.29, 0.717) is 15.0 Å². The van der Waals surface area contributed by atoms with Crippen molar-refractivity contribution in [2.45, 2.75) is 32.0 Å². The number of carbonyl (C=O) groups excluding carboxylic acids is 1. The molecular weight excluding hydrogens is 147 g/mol. The van der Waals surface area contributed by atoms with Gasteiger partial charge in [0.2, 0.25) is 0 Å². The molecule has 0 aliphatic carbocycles. The maximum atomic E-state index is 9.85. The predicted octanol–water partition coefficient (Wildman–Crippen LogP) is 1.37. The molecule has 0 aliphatic heterocycles. The number of unbranched alkanes of at least 4 members (excludes halogenated alkanes) is 2. The van der Waals surface area contributed by atoms with Crippen LogP contribution in [0.15, 0.2) is 0 Å². The first-order valence-electron chi connectivity index (χ1n) is 3.62. The molecule has 0 aromatic carbocycles. The molecule has 0 aromatic heterocycles. The third-order valence-electron chi connectivity index (χ3n) is 1.19. The standard InChI is InChI=1S/C7H15O2P/c1-7(9)10-6-4-2-3-5-8/h5,7,9-10H,2-4,6H2,1H3. The van der Waals surface area contributed by atoms with E-state index in [1.807, 2.05) is 0 Å². The molecule has 2 unspecified atom stereocenters. The molecule has 0 heterocycles. The number of hydrogen-bond acceptors (Lipinski definition) is 2. The van der Waals surface area contributed by atoms with Gasteiger partial charge in [0.05, 0.1) is 5.85 Å². The van der Waals surface area contributed by atoms with E-state index in [1.54, 1.807) is 6.92 Å². The van der Waals surface area contributed by atoms with Crippen LogP contribution in [-0.4, -0.2) is 23.4 Å². The Kier molecular flexibility index (Phi) is 7.21. The van der Waals surface area contributed by atoms with Gasteiger partial charge in [-0.1, -0.05) is 8.58 Å². The highest BCUT2D eigenvalue weighted by Gasteiger charge is 1.93. The van der Waals surface area contributed by atoms with Crippen LogP contribution in [0.5, 0.6) is 0 Å². The maximum absolute atomic E-state index is 9.85. The van der Waals surface area contributed by atoms with Gasteiger partial charge in [0, 0.05) is 6.42 Å². The molecule has 0 amide bonds. The summed E-state index contributed by atoms with van der Waals surface area (Å²) in [6, 6.07) is 0. The van der Waals surface area contributed by atoms with Gasteiger partial charge in [0.25, 0.3) is 0 Å². The van der Waals surface area contributed by atoms with Crippen LogP contribution in [0.2, 0.25) is 0 Å². The van der Waals surface area contributed by atoms with E-state index >= 15 is 0 Å². The Morgan fingerprint density at radius 3 is 2.80 bits per heavy atom. The van der Waals surface area contributed by atoms with Crippen LogP contribution in [-0.2, 0) is 4.79 Å². The summed E-state index contributed by atoms with van der Waals surface area (Å²) in [5.74, 6) is -0.156. The lowest BCUT2D eigenvalue weighted by atomic mass is 10.3. The van der Waals surface area contributed by atoms with E-state index in [4.69, 9.17) is 5.11 Å². The van der Waals surface area contributed by atoms with Crippen LogP contribution in [0, 0.1) is 0 Å². The van der Waals surface area contributed by atoms with Crippen molar-refractivity contribution < 1.29 is 9.90 Å². The normalized spacial score (nSPS) is 14.2. The summed E-state index contributed by atoms with van der Waals surface area (Å²) in [6.45, 7) is 1.80. The monoisotopic (exact) mass is 162 g/mol. The average Bonchev–Trinajstić information content (AvgIpc) is 1.87. The second-order valence-electron chi connectivity index (χ2n) is 2.29. The Labute approximate surface area is 63.8 Å². The highest BCUT2D eigenvalue weighted by molar-refractivity contribution is 7.38. The highest BCUT2D eigenvalue weighted by Crippen LogP contribution is 2.17. The maximum Gasteiger partial charge on any atom is 0.119 e. The molecule has 60 valence electrons. The molecule has 3 heteroatoms. The quantitative estimate of drug-likeness (QED) is 0.364. The fourth-order valence-electron chi connectivity index (χ4n) is 0.664. The third kappa shape index (κ3) is 8.06. The SMILES string of the molecule is CC(O)PCCCCC=O. The Hall–Kier alpha value is 0.0600. The van der Waals surface area contributed by atoms with Crippen molar-refractivity contribution in [3.8, 4) is 0 Å². The van der Waals surface area contributed by atoms with Gasteiger partial charge in [0.15, 0.2) is 0 Å². The lowest BCUT2D eigenvalue weighted by molar-refractivity contribution is -0.107. The zero-order valence-electron chi connectivity index (χ0n) is 6.34. The minimum atomic E-state index is -0.156. The van der Waals surface area contributed by atoms with Crippen molar-refractivity contribution in [3.05, 3.63) is 0 Å². The van der Waals surface area contributed by atoms with E-state index in [2.05, 4.69) is 0 Å². The molecule has 2 atom stereocenters. The zero-order valence-corrected chi connectivity index (χ0v) is 7.34. The van der Waals surface area contributed by atoms with Crippen molar-refractivity contribution in [2.75, 3.05) is 6.16 Å². The first-order chi connectivity index (χ1) is 4.77. The minimum absolute atomic E-state index is 0.156. The van der Waals surface area contributed by atoms with Crippen molar-refractivity contribution in [2.24, 2.45) is 0 Å². The van der Waals surface area contributed by atoms with E-state index in [1.165, 1.54) is 0 Å². The van der Waals surface area contributed by atoms with Gasteiger partial charge < -0.3 is 9.90 Å². The zero-order chi connectivity index (χ0) is 7.82. The number of rotatable bonds is 6.